The lowest BCUT2D eigenvalue weighted by Gasteiger charge is -2.35. The first kappa shape index (κ1) is 12.9. The molecule has 4 heteroatoms. The van der Waals surface area contributed by atoms with Crippen molar-refractivity contribution in [2.45, 2.75) is 63.8 Å². The van der Waals surface area contributed by atoms with Crippen LogP contribution in [0.25, 0.3) is 0 Å². The van der Waals surface area contributed by atoms with Crippen LogP contribution in [-0.4, -0.2) is 36.7 Å². The average Bonchev–Trinajstić information content (AvgIpc) is 2.32. The lowest BCUT2D eigenvalue weighted by molar-refractivity contribution is -0.134. The minimum absolute atomic E-state index is 0.367. The molecular formula is C13H24BN2O. The van der Waals surface area contributed by atoms with Gasteiger partial charge in [0.25, 0.3) is 0 Å². The predicted molar refractivity (Wildman–Crippen MR) is 71.1 cm³/mol. The van der Waals surface area contributed by atoms with Crippen LogP contribution in [0, 0.1) is 5.92 Å². The molecule has 3 nitrogen and oxygen atoms in total. The number of nitrogens with zero attached hydrogens (tertiary/aromatic N) is 1. The van der Waals surface area contributed by atoms with Crippen molar-refractivity contribution in [3.63, 3.8) is 0 Å². The summed E-state index contributed by atoms with van der Waals surface area (Å²) in [6, 6.07) is 0.784. The number of nitrogens with two attached hydrogens (primary N) is 1. The second-order valence-electron chi connectivity index (χ2n) is 5.73. The molecule has 1 amide bonds. The molecule has 2 aliphatic rings. The SMILES string of the molecule is C[C@H]1C[B]CCN1C(=O)CC1CCC(N)CC1. The van der Waals surface area contributed by atoms with E-state index in [4.69, 9.17) is 5.73 Å². The largest absolute Gasteiger partial charge is 0.341 e. The number of hydrogen-bond acceptors (Lipinski definition) is 2. The second kappa shape index (κ2) is 5.90. The molecule has 2 fully saturated rings. The highest BCUT2D eigenvalue weighted by Crippen LogP contribution is 2.27. The summed E-state index contributed by atoms with van der Waals surface area (Å²) in [5.74, 6) is 0.950. The Balaban J connectivity index is 1.79. The molecule has 1 radical (unpaired) electrons. The standard InChI is InChI=1S/C13H24BN2O/c1-10-9-14-6-7-16(10)13(17)8-11-2-4-12(15)5-3-11/h10-12H,2-9,15H2,1H3/t10-,11?,12?/m0/s1. The number of amides is 1. The van der Waals surface area contributed by atoms with Gasteiger partial charge < -0.3 is 10.6 Å². The van der Waals surface area contributed by atoms with E-state index in [-0.39, 0.29) is 0 Å². The molecule has 1 heterocycles. The van der Waals surface area contributed by atoms with Gasteiger partial charge in [-0.2, -0.15) is 0 Å². The van der Waals surface area contributed by atoms with Gasteiger partial charge in [-0.3, -0.25) is 4.79 Å². The smallest absolute Gasteiger partial charge is 0.223 e. The predicted octanol–water partition coefficient (Wildman–Crippen LogP) is 1.67. The van der Waals surface area contributed by atoms with E-state index in [9.17, 15) is 4.79 Å². The molecule has 2 rings (SSSR count). The molecule has 1 aliphatic carbocycles. The van der Waals surface area contributed by atoms with Crippen LogP contribution >= 0.6 is 0 Å². The molecule has 1 saturated carbocycles. The quantitative estimate of drug-likeness (QED) is 0.740. The van der Waals surface area contributed by atoms with E-state index in [0.717, 1.165) is 51.3 Å². The van der Waals surface area contributed by atoms with Gasteiger partial charge in [-0.25, -0.2) is 0 Å². The highest BCUT2D eigenvalue weighted by molar-refractivity contribution is 6.36. The Morgan fingerprint density at radius 1 is 1.35 bits per heavy atom. The van der Waals surface area contributed by atoms with Gasteiger partial charge in [-0.1, -0.05) is 12.6 Å². The Bertz CT molecular complexity index is 264. The maximum absolute atomic E-state index is 12.2. The van der Waals surface area contributed by atoms with E-state index in [1.54, 1.807) is 0 Å². The first-order valence-corrected chi connectivity index (χ1v) is 7.03. The van der Waals surface area contributed by atoms with Crippen molar-refractivity contribution in [3.05, 3.63) is 0 Å². The summed E-state index contributed by atoms with van der Waals surface area (Å²) in [4.78, 5) is 14.3. The Kier molecular flexibility index (Phi) is 4.49. The molecule has 0 bridgehead atoms. The van der Waals surface area contributed by atoms with E-state index < -0.39 is 0 Å². The molecule has 1 aliphatic heterocycles. The Hall–Kier alpha value is -0.505. The van der Waals surface area contributed by atoms with Gasteiger partial charge in [0.1, 0.15) is 7.28 Å². The van der Waals surface area contributed by atoms with Crippen molar-refractivity contribution in [2.75, 3.05) is 6.54 Å². The van der Waals surface area contributed by atoms with Crippen molar-refractivity contribution in [1.82, 2.24) is 4.90 Å². The maximum atomic E-state index is 12.2. The van der Waals surface area contributed by atoms with Crippen LogP contribution in [0.4, 0.5) is 0 Å². The molecule has 0 unspecified atom stereocenters. The summed E-state index contributed by atoms with van der Waals surface area (Å²) < 4.78 is 0. The van der Waals surface area contributed by atoms with E-state index in [2.05, 4.69) is 19.1 Å². The van der Waals surface area contributed by atoms with E-state index in [0.29, 0.717) is 23.9 Å². The van der Waals surface area contributed by atoms with Crippen LogP contribution in [0.5, 0.6) is 0 Å². The minimum Gasteiger partial charge on any atom is -0.341 e. The molecule has 0 aromatic carbocycles. The highest BCUT2D eigenvalue weighted by atomic mass is 16.2. The van der Waals surface area contributed by atoms with E-state index >= 15 is 0 Å². The molecule has 0 spiro atoms. The summed E-state index contributed by atoms with van der Waals surface area (Å²) in [5, 5.41) is 0. The minimum atomic E-state index is 0.367. The van der Waals surface area contributed by atoms with E-state index in [1.807, 2.05) is 0 Å². The van der Waals surface area contributed by atoms with Gasteiger partial charge in [0.15, 0.2) is 0 Å². The summed E-state index contributed by atoms with van der Waals surface area (Å²) in [5.41, 5.74) is 5.89. The van der Waals surface area contributed by atoms with Crippen molar-refractivity contribution >= 4 is 13.2 Å². The first-order chi connectivity index (χ1) is 8.16. The Morgan fingerprint density at radius 3 is 2.71 bits per heavy atom. The average molecular weight is 235 g/mol. The third-order valence-corrected chi connectivity index (χ3v) is 4.29. The van der Waals surface area contributed by atoms with Gasteiger partial charge in [0, 0.05) is 25.0 Å². The summed E-state index contributed by atoms with van der Waals surface area (Å²) in [6.07, 6.45) is 7.34. The second-order valence-corrected chi connectivity index (χ2v) is 5.73. The molecule has 1 saturated heterocycles. The Labute approximate surface area is 105 Å². The van der Waals surface area contributed by atoms with Gasteiger partial charge >= 0.3 is 0 Å². The maximum Gasteiger partial charge on any atom is 0.223 e. The molecular weight excluding hydrogens is 211 g/mol. The summed E-state index contributed by atoms with van der Waals surface area (Å²) in [6.45, 7) is 3.08. The first-order valence-electron chi connectivity index (χ1n) is 7.03. The molecule has 1 atom stereocenters. The summed E-state index contributed by atoms with van der Waals surface area (Å²) in [7, 11) is 2.30. The fraction of sp³-hybridized carbons (Fsp3) is 0.923. The monoisotopic (exact) mass is 235 g/mol. The highest BCUT2D eigenvalue weighted by Gasteiger charge is 2.27. The molecule has 0 aromatic heterocycles. The van der Waals surface area contributed by atoms with E-state index in [1.165, 1.54) is 0 Å². The van der Waals surface area contributed by atoms with Crippen LogP contribution in [0.3, 0.4) is 0 Å². The third kappa shape index (κ3) is 3.48. The van der Waals surface area contributed by atoms with Crippen molar-refractivity contribution in [2.24, 2.45) is 11.7 Å². The molecule has 17 heavy (non-hydrogen) atoms. The normalized spacial score (nSPS) is 34.2. The fourth-order valence-corrected chi connectivity index (χ4v) is 3.06. The topological polar surface area (TPSA) is 46.3 Å². The third-order valence-electron chi connectivity index (χ3n) is 4.29. The lowest BCUT2D eigenvalue weighted by Crippen LogP contribution is -2.44. The van der Waals surface area contributed by atoms with Crippen molar-refractivity contribution < 1.29 is 4.79 Å². The van der Waals surface area contributed by atoms with Crippen LogP contribution < -0.4 is 5.73 Å². The number of rotatable bonds is 2. The van der Waals surface area contributed by atoms with Gasteiger partial charge in [0.05, 0.1) is 0 Å². The fourth-order valence-electron chi connectivity index (χ4n) is 3.06. The zero-order chi connectivity index (χ0) is 12.3. The zero-order valence-corrected chi connectivity index (χ0v) is 10.9. The van der Waals surface area contributed by atoms with Gasteiger partial charge in [-0.05, 0) is 38.5 Å². The van der Waals surface area contributed by atoms with Crippen LogP contribution in [0.2, 0.25) is 12.6 Å². The van der Waals surface area contributed by atoms with Crippen molar-refractivity contribution in [3.8, 4) is 0 Å². The van der Waals surface area contributed by atoms with Crippen LogP contribution in [-0.2, 0) is 4.79 Å². The summed E-state index contributed by atoms with van der Waals surface area (Å²) >= 11 is 0. The molecule has 2 N–H and O–H groups in total. The van der Waals surface area contributed by atoms with Gasteiger partial charge in [-0.15, -0.1) is 0 Å². The van der Waals surface area contributed by atoms with Crippen LogP contribution in [0.1, 0.15) is 39.0 Å². The number of carbonyl (C=O) groups excluding carboxylic acids is 1. The zero-order valence-electron chi connectivity index (χ0n) is 10.9. The number of carbonyl (C=O) groups is 1. The van der Waals surface area contributed by atoms with Crippen LogP contribution in [0.15, 0.2) is 0 Å². The van der Waals surface area contributed by atoms with Crippen molar-refractivity contribution in [1.29, 1.82) is 0 Å². The number of hydrogen-bond donors (Lipinski definition) is 1. The van der Waals surface area contributed by atoms with Gasteiger partial charge in [0.2, 0.25) is 5.91 Å². The molecule has 0 aromatic rings. The molecule has 95 valence electrons. The Morgan fingerprint density at radius 2 is 2.06 bits per heavy atom. The lowest BCUT2D eigenvalue weighted by atomic mass is 9.65.